The Labute approximate surface area is 158 Å². The molecule has 0 nitrogen and oxygen atoms in total. The van der Waals surface area contributed by atoms with Gasteiger partial charge in [-0.15, -0.1) is 0 Å². The van der Waals surface area contributed by atoms with Crippen molar-refractivity contribution in [2.24, 2.45) is 23.7 Å². The van der Waals surface area contributed by atoms with E-state index in [1.54, 1.807) is 0 Å². The molecule has 0 spiro atoms. The second kappa shape index (κ2) is 7.24. The van der Waals surface area contributed by atoms with Gasteiger partial charge >= 0.3 is 0 Å². The number of fused-ring (bicyclic) bond motifs is 4. The van der Waals surface area contributed by atoms with Crippen molar-refractivity contribution < 1.29 is 0 Å². The largest absolute Gasteiger partial charge is 0.0991 e. The van der Waals surface area contributed by atoms with Gasteiger partial charge in [0.05, 0.1) is 0 Å². The molecule has 4 aliphatic heterocycles. The van der Waals surface area contributed by atoms with Gasteiger partial charge in [-0.25, -0.2) is 0 Å². The summed E-state index contributed by atoms with van der Waals surface area (Å²) in [4.78, 5) is 0. The topological polar surface area (TPSA) is 0 Å². The minimum Gasteiger partial charge on any atom is -0.0991 e. The van der Waals surface area contributed by atoms with Crippen molar-refractivity contribution in [1.29, 1.82) is 0 Å². The van der Waals surface area contributed by atoms with Gasteiger partial charge in [-0.1, -0.05) is 74.4 Å². The van der Waals surface area contributed by atoms with E-state index in [4.69, 9.17) is 0 Å². The molecule has 8 atom stereocenters. The summed E-state index contributed by atoms with van der Waals surface area (Å²) in [7, 11) is 0.359. The number of allylic oxidation sites excluding steroid dienone is 5. The molecule has 0 aromatic carbocycles. The molecule has 0 N–H and O–H groups in total. The van der Waals surface area contributed by atoms with Crippen LogP contribution < -0.4 is 0 Å². The van der Waals surface area contributed by atoms with E-state index in [2.05, 4.69) is 52.5 Å². The fourth-order valence-electron chi connectivity index (χ4n) is 6.59. The maximum atomic E-state index is 3.87. The zero-order valence-corrected chi connectivity index (χ0v) is 18.4. The molecule has 4 fully saturated rings. The number of hydrogen-bond donors (Lipinski definition) is 0. The lowest BCUT2D eigenvalue weighted by Crippen LogP contribution is -2.18. The second-order valence-electron chi connectivity index (χ2n) is 9.48. The van der Waals surface area contributed by atoms with E-state index < -0.39 is 0 Å². The van der Waals surface area contributed by atoms with E-state index in [0.29, 0.717) is 0 Å². The van der Waals surface area contributed by atoms with Crippen molar-refractivity contribution >= 4 is 15.8 Å². The Morgan fingerprint density at radius 1 is 0.800 bits per heavy atom. The lowest BCUT2D eigenvalue weighted by atomic mass is 9.84. The van der Waals surface area contributed by atoms with Gasteiger partial charge in [0.1, 0.15) is 0 Å². The van der Waals surface area contributed by atoms with Crippen LogP contribution in [-0.2, 0) is 0 Å². The molecule has 2 heteroatoms. The van der Waals surface area contributed by atoms with E-state index in [9.17, 15) is 0 Å². The van der Waals surface area contributed by atoms with Gasteiger partial charge in [0.2, 0.25) is 0 Å². The Balaban J connectivity index is 1.59. The summed E-state index contributed by atoms with van der Waals surface area (Å²) in [5.74, 6) is 3.96. The molecule has 138 valence electrons. The predicted molar refractivity (Wildman–Crippen MR) is 116 cm³/mol. The van der Waals surface area contributed by atoms with Crippen LogP contribution in [0.15, 0.2) is 36.2 Å². The molecule has 0 aromatic rings. The highest BCUT2D eigenvalue weighted by Gasteiger charge is 2.53. The summed E-state index contributed by atoms with van der Waals surface area (Å²) in [6.07, 6.45) is 16.5. The van der Waals surface area contributed by atoms with Crippen molar-refractivity contribution in [3.05, 3.63) is 36.2 Å². The number of rotatable bonds is 5. The van der Waals surface area contributed by atoms with Crippen LogP contribution in [-0.4, -0.2) is 28.8 Å². The molecule has 0 radical (unpaired) electrons. The second-order valence-corrected chi connectivity index (χ2v) is 14.9. The summed E-state index contributed by atoms with van der Waals surface area (Å²) in [6.45, 7) is 14.0. The molecular weight excluding hydrogens is 338 g/mol. The van der Waals surface area contributed by atoms with Gasteiger partial charge in [0, 0.05) is 0 Å². The monoisotopic (exact) mass is 374 g/mol. The minimum atomic E-state index is 0.122. The van der Waals surface area contributed by atoms with Crippen LogP contribution >= 0.6 is 15.8 Å². The Kier molecular flexibility index (Phi) is 5.34. The van der Waals surface area contributed by atoms with E-state index >= 15 is 0 Å². The molecular formula is C23H36P2. The van der Waals surface area contributed by atoms with Crippen LogP contribution in [0.25, 0.3) is 0 Å². The van der Waals surface area contributed by atoms with Crippen LogP contribution in [0.3, 0.4) is 0 Å². The van der Waals surface area contributed by atoms with Crippen molar-refractivity contribution in [2.45, 2.75) is 76.0 Å². The van der Waals surface area contributed by atoms with Crippen molar-refractivity contribution in [3.63, 3.8) is 0 Å². The van der Waals surface area contributed by atoms with Gasteiger partial charge in [0.15, 0.2) is 0 Å². The van der Waals surface area contributed by atoms with Crippen LogP contribution in [0.1, 0.15) is 53.4 Å². The third kappa shape index (κ3) is 3.15. The third-order valence-electron chi connectivity index (χ3n) is 7.86. The standard InChI is InChI=1S/C23H36P2/c1-6-7-8-9-19(25-22-13-18(5)23(25)12-17(22)4)14-24-20-11-16(3)21(24)10-15(20)2/h6-9,15-18,20-23H,1,10-14H2,2-5H3/b8-7-,19-9+. The predicted octanol–water partition coefficient (Wildman–Crippen LogP) is 7.21. The average molecular weight is 374 g/mol. The Hall–Kier alpha value is 0.0800. The third-order valence-corrected chi connectivity index (χ3v) is 15.8. The first kappa shape index (κ1) is 18.4. The Bertz CT molecular complexity index is 545. The summed E-state index contributed by atoms with van der Waals surface area (Å²) < 4.78 is 0. The number of hydrogen-bond acceptors (Lipinski definition) is 0. The highest BCUT2D eigenvalue weighted by molar-refractivity contribution is 7.67. The zero-order chi connectivity index (χ0) is 17.7. The highest BCUT2D eigenvalue weighted by Crippen LogP contribution is 2.76. The maximum Gasteiger partial charge on any atom is -0.00633 e. The van der Waals surface area contributed by atoms with Crippen molar-refractivity contribution in [2.75, 3.05) is 6.16 Å². The Morgan fingerprint density at radius 2 is 1.28 bits per heavy atom. The molecule has 4 aliphatic rings. The van der Waals surface area contributed by atoms with Crippen LogP contribution in [0.4, 0.5) is 0 Å². The highest BCUT2D eigenvalue weighted by atomic mass is 31.1. The van der Waals surface area contributed by atoms with Crippen LogP contribution in [0.2, 0.25) is 0 Å². The molecule has 0 amide bonds. The lowest BCUT2D eigenvalue weighted by Gasteiger charge is -2.27. The lowest BCUT2D eigenvalue weighted by molar-refractivity contribution is 0.365. The van der Waals surface area contributed by atoms with Gasteiger partial charge in [-0.05, 0) is 83.5 Å². The fourth-order valence-corrected chi connectivity index (χ4v) is 16.0. The minimum absolute atomic E-state index is 0.122. The van der Waals surface area contributed by atoms with E-state index in [1.165, 1.54) is 31.8 Å². The normalized spacial score (nSPS) is 51.8. The zero-order valence-electron chi connectivity index (χ0n) is 16.6. The quantitative estimate of drug-likeness (QED) is 0.352. The molecule has 4 bridgehead atoms. The SMILES string of the molecule is C=C/C=C\C=C(/CP1C2CC(C)C1CC2C)P1C2CC(C)C1CC2C. The van der Waals surface area contributed by atoms with Gasteiger partial charge in [-0.2, -0.15) is 0 Å². The fraction of sp³-hybridized carbons (Fsp3) is 0.739. The summed E-state index contributed by atoms with van der Waals surface area (Å²) in [6, 6.07) is 0. The Morgan fingerprint density at radius 3 is 1.80 bits per heavy atom. The van der Waals surface area contributed by atoms with Gasteiger partial charge in [0.25, 0.3) is 0 Å². The van der Waals surface area contributed by atoms with Crippen molar-refractivity contribution in [1.82, 2.24) is 0 Å². The molecule has 0 aromatic heterocycles. The molecule has 4 heterocycles. The maximum absolute atomic E-state index is 3.87. The van der Waals surface area contributed by atoms with Crippen LogP contribution in [0.5, 0.6) is 0 Å². The molecule has 0 aliphatic carbocycles. The first-order valence-electron chi connectivity index (χ1n) is 10.5. The summed E-state index contributed by atoms with van der Waals surface area (Å²) >= 11 is 0. The summed E-state index contributed by atoms with van der Waals surface area (Å²) in [5.41, 5.74) is 4.21. The first-order chi connectivity index (χ1) is 12.0. The molecule has 4 rings (SSSR count). The smallest absolute Gasteiger partial charge is 0.00633 e. The van der Waals surface area contributed by atoms with Gasteiger partial charge in [-0.3, -0.25) is 0 Å². The molecule has 8 unspecified atom stereocenters. The first-order valence-corrected chi connectivity index (χ1v) is 13.7. The van der Waals surface area contributed by atoms with Crippen LogP contribution in [0, 0.1) is 23.7 Å². The average Bonchev–Trinajstić information content (AvgIpc) is 3.24. The molecule has 0 saturated carbocycles. The molecule has 4 saturated heterocycles. The van der Waals surface area contributed by atoms with Gasteiger partial charge < -0.3 is 0 Å². The molecule has 25 heavy (non-hydrogen) atoms. The van der Waals surface area contributed by atoms with E-state index in [-0.39, 0.29) is 15.8 Å². The summed E-state index contributed by atoms with van der Waals surface area (Å²) in [5, 5.41) is 1.90. The van der Waals surface area contributed by atoms with E-state index in [0.717, 1.165) is 46.3 Å². The van der Waals surface area contributed by atoms with Crippen molar-refractivity contribution in [3.8, 4) is 0 Å². The van der Waals surface area contributed by atoms with E-state index in [1.807, 2.05) is 11.4 Å².